The summed E-state index contributed by atoms with van der Waals surface area (Å²) in [6.07, 6.45) is 1.70. The van der Waals surface area contributed by atoms with Crippen molar-refractivity contribution in [2.75, 3.05) is 24.6 Å². The first kappa shape index (κ1) is 11.8. The van der Waals surface area contributed by atoms with E-state index in [2.05, 4.69) is 20.9 Å². The fraction of sp³-hybridized carbons (Fsp3) is 0.500. The van der Waals surface area contributed by atoms with Crippen molar-refractivity contribution in [3.63, 3.8) is 0 Å². The number of nitrogens with two attached hydrogens (primary N) is 1. The van der Waals surface area contributed by atoms with Gasteiger partial charge < -0.3 is 15.4 Å². The second-order valence-corrected chi connectivity index (χ2v) is 5.45. The summed E-state index contributed by atoms with van der Waals surface area (Å²) in [5, 5.41) is 3.17. The lowest BCUT2D eigenvalue weighted by atomic mass is 10.1. The first-order valence-electron chi connectivity index (χ1n) is 6.06. The summed E-state index contributed by atoms with van der Waals surface area (Å²) in [7, 11) is 0. The number of hydrogen-bond donors (Lipinski definition) is 1. The average molecular weight is 264 g/mol. The van der Waals surface area contributed by atoms with E-state index in [0.29, 0.717) is 6.61 Å². The largest absolute Gasteiger partial charge is 0.373 e. The number of ether oxygens (including phenoxy) is 1. The predicted molar refractivity (Wildman–Crippen MR) is 73.0 cm³/mol. The average Bonchev–Trinajstić information content (AvgIpc) is 2.87. The molecule has 6 heteroatoms. The van der Waals surface area contributed by atoms with Gasteiger partial charge in [0.25, 0.3) is 0 Å². The molecule has 1 saturated heterocycles. The first-order chi connectivity index (χ1) is 8.75. The van der Waals surface area contributed by atoms with Gasteiger partial charge in [0.1, 0.15) is 17.0 Å². The lowest BCUT2D eigenvalue weighted by Crippen LogP contribution is -2.49. The van der Waals surface area contributed by atoms with Crippen molar-refractivity contribution in [1.82, 2.24) is 9.97 Å². The highest BCUT2D eigenvalue weighted by Gasteiger charge is 2.25. The molecule has 0 saturated carbocycles. The summed E-state index contributed by atoms with van der Waals surface area (Å²) >= 11 is 1.64. The molecule has 0 radical (unpaired) electrons. The van der Waals surface area contributed by atoms with Crippen molar-refractivity contribution in [1.29, 1.82) is 0 Å². The minimum atomic E-state index is 0.0348. The highest BCUT2D eigenvalue weighted by molar-refractivity contribution is 7.16. The summed E-state index contributed by atoms with van der Waals surface area (Å²) in [6.45, 7) is 4.32. The molecular formula is C12H16N4OS. The van der Waals surface area contributed by atoms with Gasteiger partial charge in [-0.15, -0.1) is 11.3 Å². The molecule has 1 fully saturated rings. The molecule has 0 aromatic carbocycles. The second kappa shape index (κ2) is 4.79. The molecule has 3 heterocycles. The number of morpholine rings is 1. The van der Waals surface area contributed by atoms with Crippen LogP contribution in [0.2, 0.25) is 0 Å². The van der Waals surface area contributed by atoms with Gasteiger partial charge in [-0.1, -0.05) is 0 Å². The van der Waals surface area contributed by atoms with Crippen molar-refractivity contribution < 1.29 is 4.74 Å². The minimum absolute atomic E-state index is 0.0348. The number of aromatic nitrogens is 2. The van der Waals surface area contributed by atoms with Crippen LogP contribution < -0.4 is 10.6 Å². The zero-order valence-electron chi connectivity index (χ0n) is 10.2. The number of thiophene rings is 1. The standard InChI is InChI=1S/C12H16N4OS/c1-8(13)10-6-16(3-4-17-10)11-9-2-5-18-12(9)15-7-14-11/h2,5,7-8,10H,3-4,6,13H2,1H3. The van der Waals surface area contributed by atoms with Crippen LogP contribution in [0.5, 0.6) is 0 Å². The number of nitrogens with zero attached hydrogens (tertiary/aromatic N) is 3. The molecule has 2 aromatic rings. The van der Waals surface area contributed by atoms with Crippen molar-refractivity contribution >= 4 is 27.4 Å². The third-order valence-corrected chi connectivity index (χ3v) is 4.04. The van der Waals surface area contributed by atoms with Gasteiger partial charge in [-0.2, -0.15) is 0 Å². The van der Waals surface area contributed by atoms with Crippen LogP contribution in [0.1, 0.15) is 6.92 Å². The van der Waals surface area contributed by atoms with Gasteiger partial charge in [-0.3, -0.25) is 0 Å². The molecule has 1 aliphatic heterocycles. The van der Waals surface area contributed by atoms with Gasteiger partial charge in [0.15, 0.2) is 0 Å². The van der Waals surface area contributed by atoms with Crippen LogP contribution in [0.15, 0.2) is 17.8 Å². The van der Waals surface area contributed by atoms with Crippen molar-refractivity contribution in [2.24, 2.45) is 5.73 Å². The highest BCUT2D eigenvalue weighted by atomic mass is 32.1. The third-order valence-electron chi connectivity index (χ3n) is 3.22. The number of hydrogen-bond acceptors (Lipinski definition) is 6. The molecule has 1 aliphatic rings. The van der Waals surface area contributed by atoms with Gasteiger partial charge in [0, 0.05) is 19.1 Å². The zero-order chi connectivity index (χ0) is 12.5. The maximum Gasteiger partial charge on any atom is 0.140 e. The summed E-state index contributed by atoms with van der Waals surface area (Å²) in [4.78, 5) is 12.0. The van der Waals surface area contributed by atoms with Crippen LogP contribution in [-0.4, -0.2) is 41.8 Å². The molecule has 0 bridgehead atoms. The Hall–Kier alpha value is -1.24. The van der Waals surface area contributed by atoms with Crippen LogP contribution in [-0.2, 0) is 4.74 Å². The summed E-state index contributed by atoms with van der Waals surface area (Å²) in [5.74, 6) is 0.996. The van der Waals surface area contributed by atoms with Crippen LogP contribution in [0, 0.1) is 0 Å². The molecule has 2 aromatic heterocycles. The van der Waals surface area contributed by atoms with Gasteiger partial charge >= 0.3 is 0 Å². The van der Waals surface area contributed by atoms with E-state index in [-0.39, 0.29) is 12.1 Å². The van der Waals surface area contributed by atoms with E-state index in [0.717, 1.165) is 29.1 Å². The van der Waals surface area contributed by atoms with E-state index in [4.69, 9.17) is 10.5 Å². The maximum absolute atomic E-state index is 5.92. The van der Waals surface area contributed by atoms with E-state index in [1.807, 2.05) is 12.3 Å². The number of rotatable bonds is 2. The van der Waals surface area contributed by atoms with Crippen molar-refractivity contribution in [2.45, 2.75) is 19.1 Å². The molecule has 3 rings (SSSR count). The van der Waals surface area contributed by atoms with Gasteiger partial charge in [-0.05, 0) is 18.4 Å². The number of anilines is 1. The molecule has 0 aliphatic carbocycles. The Kier molecular flexibility index (Phi) is 3.15. The van der Waals surface area contributed by atoms with E-state index in [1.165, 1.54) is 0 Å². The summed E-state index contributed by atoms with van der Waals surface area (Å²) in [6, 6.07) is 2.11. The Morgan fingerprint density at radius 1 is 1.56 bits per heavy atom. The van der Waals surface area contributed by atoms with Gasteiger partial charge in [0.05, 0.1) is 18.1 Å². The smallest absolute Gasteiger partial charge is 0.140 e. The quantitative estimate of drug-likeness (QED) is 0.884. The summed E-state index contributed by atoms with van der Waals surface area (Å²) < 4.78 is 5.68. The Morgan fingerprint density at radius 3 is 3.28 bits per heavy atom. The summed E-state index contributed by atoms with van der Waals surface area (Å²) in [5.41, 5.74) is 5.92. The third kappa shape index (κ3) is 2.07. The molecule has 2 unspecified atom stereocenters. The lowest BCUT2D eigenvalue weighted by Gasteiger charge is -2.35. The van der Waals surface area contributed by atoms with Crippen LogP contribution in [0.4, 0.5) is 5.82 Å². The molecular weight excluding hydrogens is 248 g/mol. The normalized spacial score (nSPS) is 22.3. The van der Waals surface area contributed by atoms with Crippen molar-refractivity contribution in [3.8, 4) is 0 Å². The SMILES string of the molecule is CC(N)C1CN(c2ncnc3sccc23)CCO1. The molecule has 0 amide bonds. The molecule has 18 heavy (non-hydrogen) atoms. The van der Waals surface area contributed by atoms with Crippen molar-refractivity contribution in [3.05, 3.63) is 17.8 Å². The number of fused-ring (bicyclic) bond motifs is 1. The highest BCUT2D eigenvalue weighted by Crippen LogP contribution is 2.27. The van der Waals surface area contributed by atoms with Gasteiger partial charge in [0.2, 0.25) is 0 Å². The Morgan fingerprint density at radius 2 is 2.44 bits per heavy atom. The van der Waals surface area contributed by atoms with E-state index in [1.54, 1.807) is 17.7 Å². The molecule has 96 valence electrons. The van der Waals surface area contributed by atoms with E-state index < -0.39 is 0 Å². The Balaban J connectivity index is 1.92. The van der Waals surface area contributed by atoms with Crippen LogP contribution in [0.3, 0.4) is 0 Å². The molecule has 2 N–H and O–H groups in total. The zero-order valence-corrected chi connectivity index (χ0v) is 11.1. The monoisotopic (exact) mass is 264 g/mol. The molecule has 0 spiro atoms. The Bertz CT molecular complexity index is 542. The van der Waals surface area contributed by atoms with Crippen LogP contribution >= 0.6 is 11.3 Å². The minimum Gasteiger partial charge on any atom is -0.373 e. The predicted octanol–water partition coefficient (Wildman–Crippen LogP) is 1.24. The second-order valence-electron chi connectivity index (χ2n) is 4.55. The van der Waals surface area contributed by atoms with E-state index >= 15 is 0 Å². The topological polar surface area (TPSA) is 64.3 Å². The molecule has 5 nitrogen and oxygen atoms in total. The first-order valence-corrected chi connectivity index (χ1v) is 6.94. The lowest BCUT2D eigenvalue weighted by molar-refractivity contribution is 0.0274. The fourth-order valence-electron chi connectivity index (χ4n) is 2.21. The fourth-order valence-corrected chi connectivity index (χ4v) is 2.94. The van der Waals surface area contributed by atoms with Crippen LogP contribution in [0.25, 0.3) is 10.2 Å². The Labute approximate surface area is 110 Å². The molecule has 2 atom stereocenters. The maximum atomic E-state index is 5.92. The van der Waals surface area contributed by atoms with E-state index in [9.17, 15) is 0 Å². The van der Waals surface area contributed by atoms with Gasteiger partial charge in [-0.25, -0.2) is 9.97 Å².